The fourth-order valence-corrected chi connectivity index (χ4v) is 2.31. The summed E-state index contributed by atoms with van der Waals surface area (Å²) in [6.07, 6.45) is 21.0. The van der Waals surface area contributed by atoms with Gasteiger partial charge in [-0.1, -0.05) is 55.5 Å². The molecule has 3 atom stereocenters. The van der Waals surface area contributed by atoms with E-state index >= 15 is 0 Å². The minimum atomic E-state index is -0.738. The molecule has 4 heteroatoms. The van der Waals surface area contributed by atoms with Gasteiger partial charge >= 0.3 is 5.97 Å². The monoisotopic (exact) mass is 334 g/mol. The van der Waals surface area contributed by atoms with E-state index in [1.165, 1.54) is 0 Å². The molecule has 1 saturated heterocycles. The van der Waals surface area contributed by atoms with Gasteiger partial charge in [0.1, 0.15) is 12.2 Å². The van der Waals surface area contributed by atoms with E-state index in [0.29, 0.717) is 6.42 Å². The Morgan fingerprint density at radius 2 is 1.79 bits per heavy atom. The van der Waals surface area contributed by atoms with Crippen LogP contribution in [-0.4, -0.2) is 34.5 Å². The van der Waals surface area contributed by atoms with Gasteiger partial charge in [-0.05, 0) is 38.5 Å². The van der Waals surface area contributed by atoms with Crippen molar-refractivity contribution < 1.29 is 19.7 Å². The zero-order valence-electron chi connectivity index (χ0n) is 14.5. The second-order valence-corrected chi connectivity index (χ2v) is 5.87. The maximum absolute atomic E-state index is 10.3. The van der Waals surface area contributed by atoms with Crippen molar-refractivity contribution in [1.29, 1.82) is 0 Å². The molecule has 134 valence electrons. The minimum absolute atomic E-state index is 0.0551. The molecule has 0 amide bonds. The normalized spacial score (nSPS) is 22.2. The first kappa shape index (κ1) is 20.4. The number of aliphatic hydroxyl groups excluding tert-OH is 1. The topological polar surface area (TPSA) is 70.1 Å². The molecule has 24 heavy (non-hydrogen) atoms. The summed E-state index contributed by atoms with van der Waals surface area (Å²) in [5.41, 5.74) is 0. The van der Waals surface area contributed by atoms with Crippen molar-refractivity contribution in [3.63, 3.8) is 0 Å². The minimum Gasteiger partial charge on any atom is -0.481 e. The molecule has 1 aliphatic heterocycles. The van der Waals surface area contributed by atoms with E-state index in [2.05, 4.69) is 31.2 Å². The molecule has 0 radical (unpaired) electrons. The molecule has 0 bridgehead atoms. The number of hydrogen-bond donors (Lipinski definition) is 2. The van der Waals surface area contributed by atoms with Crippen LogP contribution in [-0.2, 0) is 9.53 Å². The van der Waals surface area contributed by atoms with E-state index < -0.39 is 12.1 Å². The average Bonchev–Trinajstić information content (AvgIpc) is 3.32. The number of carboxylic acid groups (broad SMARTS) is 1. The quantitative estimate of drug-likeness (QED) is 0.301. The van der Waals surface area contributed by atoms with Crippen LogP contribution in [0.25, 0.3) is 0 Å². The first-order valence-electron chi connectivity index (χ1n) is 8.82. The summed E-state index contributed by atoms with van der Waals surface area (Å²) in [5.74, 6) is -0.738. The van der Waals surface area contributed by atoms with E-state index in [-0.39, 0.29) is 18.6 Å². The predicted molar refractivity (Wildman–Crippen MR) is 96.9 cm³/mol. The van der Waals surface area contributed by atoms with Crippen LogP contribution in [0.5, 0.6) is 0 Å². The zero-order valence-corrected chi connectivity index (χ0v) is 14.5. The largest absolute Gasteiger partial charge is 0.481 e. The van der Waals surface area contributed by atoms with Crippen molar-refractivity contribution in [1.82, 2.24) is 0 Å². The maximum Gasteiger partial charge on any atom is 0.303 e. The van der Waals surface area contributed by atoms with E-state index in [4.69, 9.17) is 9.84 Å². The fourth-order valence-electron chi connectivity index (χ4n) is 2.31. The standard InChI is InChI=1S/C20H30O4/c1-2-3-11-15-18-20(24-18)17(21)14-12-9-7-5-4-6-8-10-13-16-19(22)23/h3,5-8,11-12,14,17-18,20-21H,2,4,9-10,13,15-16H2,1H3,(H,22,23)/b7-5-,8-6-,11-3-,14-12-. The van der Waals surface area contributed by atoms with Crippen molar-refractivity contribution in [2.45, 2.75) is 70.2 Å². The number of allylic oxidation sites excluding steroid dienone is 6. The van der Waals surface area contributed by atoms with Gasteiger partial charge in [-0.25, -0.2) is 0 Å². The van der Waals surface area contributed by atoms with Crippen LogP contribution < -0.4 is 0 Å². The first-order chi connectivity index (χ1) is 11.6. The number of ether oxygens (including phenoxy) is 1. The molecule has 3 unspecified atom stereocenters. The third-order valence-electron chi connectivity index (χ3n) is 3.70. The van der Waals surface area contributed by atoms with Gasteiger partial charge < -0.3 is 14.9 Å². The number of aliphatic hydroxyl groups is 1. The number of carboxylic acids is 1. The highest BCUT2D eigenvalue weighted by molar-refractivity contribution is 5.66. The van der Waals surface area contributed by atoms with Crippen LogP contribution in [0.2, 0.25) is 0 Å². The van der Waals surface area contributed by atoms with Gasteiger partial charge in [-0.3, -0.25) is 4.79 Å². The molecule has 0 spiro atoms. The Bertz CT molecular complexity index is 462. The van der Waals surface area contributed by atoms with Crippen molar-refractivity contribution in [2.75, 3.05) is 0 Å². The number of hydrogen-bond acceptors (Lipinski definition) is 3. The number of carbonyl (C=O) groups is 1. The predicted octanol–water partition coefficient (Wildman–Crippen LogP) is 4.17. The van der Waals surface area contributed by atoms with Crippen molar-refractivity contribution in [3.8, 4) is 0 Å². The number of epoxide rings is 1. The molecular weight excluding hydrogens is 304 g/mol. The van der Waals surface area contributed by atoms with Gasteiger partial charge in [0.15, 0.2) is 0 Å². The lowest BCUT2D eigenvalue weighted by molar-refractivity contribution is -0.137. The SMILES string of the molecule is CC/C=C\CC1OC1C(O)/C=C\C/C=C\C/C=C\CCCC(=O)O. The molecule has 0 aromatic rings. The lowest BCUT2D eigenvalue weighted by atomic mass is 10.1. The highest BCUT2D eigenvalue weighted by Gasteiger charge is 2.42. The van der Waals surface area contributed by atoms with Crippen LogP contribution in [0.15, 0.2) is 48.6 Å². The highest BCUT2D eigenvalue weighted by atomic mass is 16.6. The molecule has 1 fully saturated rings. The Balaban J connectivity index is 2.03. The molecule has 0 aromatic carbocycles. The summed E-state index contributed by atoms with van der Waals surface area (Å²) in [5, 5.41) is 18.5. The van der Waals surface area contributed by atoms with Crippen LogP contribution in [0.3, 0.4) is 0 Å². The second kappa shape index (κ2) is 12.7. The van der Waals surface area contributed by atoms with Crippen molar-refractivity contribution >= 4 is 5.97 Å². The van der Waals surface area contributed by atoms with E-state index in [0.717, 1.165) is 32.1 Å². The van der Waals surface area contributed by atoms with Crippen LogP contribution in [0.4, 0.5) is 0 Å². The molecular formula is C20H30O4. The molecule has 4 nitrogen and oxygen atoms in total. The molecule has 0 saturated carbocycles. The second-order valence-electron chi connectivity index (χ2n) is 5.87. The molecule has 1 aliphatic rings. The smallest absolute Gasteiger partial charge is 0.303 e. The number of unbranched alkanes of at least 4 members (excludes halogenated alkanes) is 1. The number of aliphatic carboxylic acids is 1. The summed E-state index contributed by atoms with van der Waals surface area (Å²) < 4.78 is 5.47. The fraction of sp³-hybridized carbons (Fsp3) is 0.550. The van der Waals surface area contributed by atoms with Crippen molar-refractivity contribution in [3.05, 3.63) is 48.6 Å². The Kier molecular flexibility index (Phi) is 10.8. The number of rotatable bonds is 13. The molecule has 0 aromatic heterocycles. The average molecular weight is 334 g/mol. The summed E-state index contributed by atoms with van der Waals surface area (Å²) in [6, 6.07) is 0. The molecule has 2 N–H and O–H groups in total. The van der Waals surface area contributed by atoms with Crippen LogP contribution in [0, 0.1) is 0 Å². The summed E-state index contributed by atoms with van der Waals surface area (Å²) in [6.45, 7) is 2.10. The van der Waals surface area contributed by atoms with Gasteiger partial charge in [0.2, 0.25) is 0 Å². The first-order valence-corrected chi connectivity index (χ1v) is 8.82. The lowest BCUT2D eigenvalue weighted by Crippen LogP contribution is -2.13. The van der Waals surface area contributed by atoms with E-state index in [9.17, 15) is 9.90 Å². The molecule has 0 aliphatic carbocycles. The van der Waals surface area contributed by atoms with Gasteiger partial charge in [-0.2, -0.15) is 0 Å². The van der Waals surface area contributed by atoms with Gasteiger partial charge in [0, 0.05) is 6.42 Å². The summed E-state index contributed by atoms with van der Waals surface area (Å²) in [4.78, 5) is 10.3. The summed E-state index contributed by atoms with van der Waals surface area (Å²) >= 11 is 0. The van der Waals surface area contributed by atoms with E-state index in [1.807, 2.05) is 18.2 Å². The Morgan fingerprint density at radius 1 is 1.08 bits per heavy atom. The third kappa shape index (κ3) is 10.2. The van der Waals surface area contributed by atoms with Crippen LogP contribution >= 0.6 is 0 Å². The van der Waals surface area contributed by atoms with E-state index in [1.54, 1.807) is 6.08 Å². The van der Waals surface area contributed by atoms with Gasteiger partial charge in [-0.15, -0.1) is 0 Å². The zero-order chi connectivity index (χ0) is 17.6. The molecule has 1 heterocycles. The van der Waals surface area contributed by atoms with Gasteiger partial charge in [0.05, 0.1) is 6.10 Å². The Morgan fingerprint density at radius 3 is 2.50 bits per heavy atom. The Labute approximate surface area is 145 Å². The summed E-state index contributed by atoms with van der Waals surface area (Å²) in [7, 11) is 0. The van der Waals surface area contributed by atoms with Gasteiger partial charge in [0.25, 0.3) is 0 Å². The van der Waals surface area contributed by atoms with Crippen LogP contribution in [0.1, 0.15) is 51.9 Å². The Hall–Kier alpha value is -1.65. The maximum atomic E-state index is 10.3. The third-order valence-corrected chi connectivity index (χ3v) is 3.70. The van der Waals surface area contributed by atoms with Crippen molar-refractivity contribution in [2.24, 2.45) is 0 Å². The molecule has 1 rings (SSSR count). The highest BCUT2D eigenvalue weighted by Crippen LogP contribution is 2.29. The lowest BCUT2D eigenvalue weighted by Gasteiger charge is -1.98.